The molecular weight excluding hydrogens is 316 g/mol. The lowest BCUT2D eigenvalue weighted by atomic mass is 9.96. The van der Waals surface area contributed by atoms with Crippen LogP contribution in [0.15, 0.2) is 24.3 Å². The van der Waals surface area contributed by atoms with Crippen LogP contribution in [0.2, 0.25) is 0 Å². The second-order valence-electron chi connectivity index (χ2n) is 6.48. The minimum Gasteiger partial charge on any atom is -0.336 e. The van der Waals surface area contributed by atoms with Crippen LogP contribution in [0.3, 0.4) is 0 Å². The highest BCUT2D eigenvalue weighted by atomic mass is 16.2. The molecule has 6 heteroatoms. The van der Waals surface area contributed by atoms with E-state index >= 15 is 0 Å². The van der Waals surface area contributed by atoms with Gasteiger partial charge < -0.3 is 10.2 Å². The maximum absolute atomic E-state index is 12.7. The molecule has 3 rings (SSSR count). The minimum atomic E-state index is -0.0832. The molecule has 0 radical (unpaired) electrons. The fourth-order valence-electron chi connectivity index (χ4n) is 3.18. The van der Waals surface area contributed by atoms with Crippen LogP contribution in [0.25, 0.3) is 0 Å². The van der Waals surface area contributed by atoms with Gasteiger partial charge in [-0.3, -0.25) is 14.7 Å². The monoisotopic (exact) mass is 340 g/mol. The number of nitrogens with zero attached hydrogens (tertiary/aromatic N) is 2. The summed E-state index contributed by atoms with van der Waals surface area (Å²) in [6.07, 6.45) is 4.85. The summed E-state index contributed by atoms with van der Waals surface area (Å²) in [5.74, 6) is -0.152. The van der Waals surface area contributed by atoms with Crippen LogP contribution in [0.5, 0.6) is 0 Å². The molecule has 132 valence electrons. The van der Waals surface area contributed by atoms with E-state index in [1.165, 1.54) is 24.1 Å². The lowest BCUT2D eigenvalue weighted by Gasteiger charge is -2.18. The largest absolute Gasteiger partial charge is 0.336 e. The zero-order valence-corrected chi connectivity index (χ0v) is 14.8. The molecule has 1 heterocycles. The Morgan fingerprint density at radius 3 is 2.88 bits per heavy atom. The summed E-state index contributed by atoms with van der Waals surface area (Å²) in [6, 6.07) is 7.05. The Kier molecular flexibility index (Phi) is 5.16. The van der Waals surface area contributed by atoms with Crippen molar-refractivity contribution in [3.05, 3.63) is 46.8 Å². The van der Waals surface area contributed by atoms with Gasteiger partial charge in [-0.05, 0) is 49.4 Å². The second kappa shape index (κ2) is 7.51. The van der Waals surface area contributed by atoms with Crippen LogP contribution in [-0.2, 0) is 24.2 Å². The number of benzene rings is 1. The molecule has 0 fully saturated rings. The minimum absolute atomic E-state index is 0.0684. The Morgan fingerprint density at radius 2 is 2.08 bits per heavy atom. The molecule has 2 aromatic rings. The predicted molar refractivity (Wildman–Crippen MR) is 96.4 cm³/mol. The van der Waals surface area contributed by atoms with E-state index in [2.05, 4.69) is 15.5 Å². The Labute approximate surface area is 147 Å². The van der Waals surface area contributed by atoms with Crippen LogP contribution >= 0.6 is 0 Å². The third kappa shape index (κ3) is 3.90. The number of aromatic nitrogens is 2. The average Bonchev–Trinajstić information content (AvgIpc) is 3.04. The molecule has 0 saturated carbocycles. The Balaban J connectivity index is 1.71. The predicted octanol–water partition coefficient (Wildman–Crippen LogP) is 2.91. The molecule has 0 spiro atoms. The number of H-pyrrole nitrogens is 1. The number of fused-ring (bicyclic) bond motifs is 1. The number of hydrogen-bond donors (Lipinski definition) is 2. The topological polar surface area (TPSA) is 78.1 Å². The third-order valence-corrected chi connectivity index (χ3v) is 4.59. The quantitative estimate of drug-likeness (QED) is 0.878. The highest BCUT2D eigenvalue weighted by Gasteiger charge is 2.20. The van der Waals surface area contributed by atoms with Gasteiger partial charge in [-0.1, -0.05) is 13.0 Å². The van der Waals surface area contributed by atoms with Crippen molar-refractivity contribution in [2.75, 3.05) is 12.4 Å². The van der Waals surface area contributed by atoms with Gasteiger partial charge in [0.15, 0.2) is 0 Å². The lowest BCUT2D eigenvalue weighted by molar-refractivity contribution is -0.115. The molecule has 0 unspecified atom stereocenters. The van der Waals surface area contributed by atoms with Crippen molar-refractivity contribution < 1.29 is 9.59 Å². The van der Waals surface area contributed by atoms with Crippen molar-refractivity contribution in [1.29, 1.82) is 0 Å². The SMILES string of the molecule is CCC(=O)Nc1cccc(C(=O)N(C)Cc2n[nH]c3c2CCCC3)c1. The molecule has 0 aliphatic heterocycles. The van der Waals surface area contributed by atoms with Crippen LogP contribution < -0.4 is 5.32 Å². The first-order chi connectivity index (χ1) is 12.1. The molecule has 0 atom stereocenters. The van der Waals surface area contributed by atoms with Crippen molar-refractivity contribution in [3.63, 3.8) is 0 Å². The van der Waals surface area contributed by atoms with Gasteiger partial charge in [-0.2, -0.15) is 5.10 Å². The van der Waals surface area contributed by atoms with Gasteiger partial charge in [0.05, 0.1) is 12.2 Å². The lowest BCUT2D eigenvalue weighted by Crippen LogP contribution is -2.27. The maximum atomic E-state index is 12.7. The maximum Gasteiger partial charge on any atom is 0.254 e. The molecule has 0 saturated heterocycles. The third-order valence-electron chi connectivity index (χ3n) is 4.59. The number of anilines is 1. The fourth-order valence-corrected chi connectivity index (χ4v) is 3.18. The van der Waals surface area contributed by atoms with Gasteiger partial charge in [-0.25, -0.2) is 0 Å². The van der Waals surface area contributed by atoms with E-state index in [4.69, 9.17) is 0 Å². The summed E-state index contributed by atoms with van der Waals surface area (Å²) in [5, 5.41) is 10.3. The van der Waals surface area contributed by atoms with E-state index in [1.54, 1.807) is 43.1 Å². The van der Waals surface area contributed by atoms with Crippen molar-refractivity contribution in [3.8, 4) is 0 Å². The Bertz CT molecular complexity index is 781. The Morgan fingerprint density at radius 1 is 1.28 bits per heavy atom. The van der Waals surface area contributed by atoms with Gasteiger partial charge in [0, 0.05) is 30.4 Å². The first-order valence-electron chi connectivity index (χ1n) is 8.79. The van der Waals surface area contributed by atoms with Crippen LogP contribution in [0.1, 0.15) is 53.5 Å². The number of aryl methyl sites for hydroxylation is 1. The smallest absolute Gasteiger partial charge is 0.254 e. The molecule has 1 aliphatic carbocycles. The summed E-state index contributed by atoms with van der Waals surface area (Å²) >= 11 is 0. The van der Waals surface area contributed by atoms with E-state index in [-0.39, 0.29) is 11.8 Å². The summed E-state index contributed by atoms with van der Waals surface area (Å²) in [6.45, 7) is 2.28. The van der Waals surface area contributed by atoms with Crippen molar-refractivity contribution in [2.45, 2.75) is 45.6 Å². The average molecular weight is 340 g/mol. The zero-order valence-electron chi connectivity index (χ0n) is 14.8. The van der Waals surface area contributed by atoms with E-state index in [1.807, 2.05) is 0 Å². The molecule has 25 heavy (non-hydrogen) atoms. The van der Waals surface area contributed by atoms with Crippen molar-refractivity contribution >= 4 is 17.5 Å². The van der Waals surface area contributed by atoms with Crippen LogP contribution in [-0.4, -0.2) is 34.0 Å². The molecule has 2 amide bonds. The number of hydrogen-bond acceptors (Lipinski definition) is 3. The van der Waals surface area contributed by atoms with Gasteiger partial charge >= 0.3 is 0 Å². The molecule has 1 aliphatic rings. The molecule has 1 aromatic carbocycles. The first-order valence-corrected chi connectivity index (χ1v) is 8.79. The molecule has 2 N–H and O–H groups in total. The summed E-state index contributed by atoms with van der Waals surface area (Å²) in [4.78, 5) is 25.9. The second-order valence-corrected chi connectivity index (χ2v) is 6.48. The Hall–Kier alpha value is -2.63. The number of amides is 2. The van der Waals surface area contributed by atoms with E-state index in [9.17, 15) is 9.59 Å². The van der Waals surface area contributed by atoms with Gasteiger partial charge in [0.25, 0.3) is 5.91 Å². The van der Waals surface area contributed by atoms with Crippen LogP contribution in [0, 0.1) is 0 Å². The van der Waals surface area contributed by atoms with Crippen LogP contribution in [0.4, 0.5) is 5.69 Å². The van der Waals surface area contributed by atoms with Crippen molar-refractivity contribution in [2.24, 2.45) is 0 Å². The molecule has 6 nitrogen and oxygen atoms in total. The first kappa shape index (κ1) is 17.2. The van der Waals surface area contributed by atoms with Gasteiger partial charge in [0.2, 0.25) is 5.91 Å². The molecule has 1 aromatic heterocycles. The summed E-state index contributed by atoms with van der Waals surface area (Å²) in [5.41, 5.74) is 4.64. The fraction of sp³-hybridized carbons (Fsp3) is 0.421. The van der Waals surface area contributed by atoms with Gasteiger partial charge in [0.1, 0.15) is 0 Å². The highest BCUT2D eigenvalue weighted by molar-refractivity contribution is 5.97. The molecular formula is C19H24N4O2. The normalized spacial score (nSPS) is 13.2. The highest BCUT2D eigenvalue weighted by Crippen LogP contribution is 2.23. The molecule has 0 bridgehead atoms. The zero-order chi connectivity index (χ0) is 17.8. The number of carbonyl (C=O) groups excluding carboxylic acids is 2. The van der Waals surface area contributed by atoms with E-state index in [0.29, 0.717) is 24.2 Å². The number of nitrogens with one attached hydrogen (secondary N) is 2. The number of rotatable bonds is 5. The number of carbonyl (C=O) groups is 2. The number of aromatic amines is 1. The van der Waals surface area contributed by atoms with Crippen molar-refractivity contribution in [1.82, 2.24) is 15.1 Å². The summed E-state index contributed by atoms with van der Waals surface area (Å²) < 4.78 is 0. The van der Waals surface area contributed by atoms with E-state index in [0.717, 1.165) is 18.5 Å². The standard InChI is InChI=1S/C19H24N4O2/c1-3-18(24)20-14-8-6-7-13(11-14)19(25)23(2)12-17-15-9-4-5-10-16(15)21-22-17/h6-8,11H,3-5,9-10,12H2,1-2H3,(H,20,24)(H,21,22). The van der Waals surface area contributed by atoms with Gasteiger partial charge in [-0.15, -0.1) is 0 Å². The van der Waals surface area contributed by atoms with E-state index < -0.39 is 0 Å². The summed E-state index contributed by atoms with van der Waals surface area (Å²) in [7, 11) is 1.78.